The topological polar surface area (TPSA) is 67.2 Å². The molecule has 0 bridgehead atoms. The first-order valence-corrected chi connectivity index (χ1v) is 9.68. The van der Waals surface area contributed by atoms with Crippen LogP contribution in [-0.2, 0) is 11.0 Å². The molecule has 9 heteroatoms. The van der Waals surface area contributed by atoms with Gasteiger partial charge in [-0.15, -0.1) is 0 Å². The van der Waals surface area contributed by atoms with E-state index in [-0.39, 0.29) is 11.6 Å². The van der Waals surface area contributed by atoms with Crippen LogP contribution < -0.4 is 10.2 Å². The Bertz CT molecular complexity index is 1150. The number of nitrogens with one attached hydrogen (secondary N) is 1. The summed E-state index contributed by atoms with van der Waals surface area (Å²) < 4.78 is 42.4. The lowest BCUT2D eigenvalue weighted by molar-refractivity contribution is -0.143. The molecule has 1 saturated heterocycles. The lowest BCUT2D eigenvalue weighted by atomic mass is 10.1. The van der Waals surface area contributed by atoms with Gasteiger partial charge in [-0.2, -0.15) is 18.3 Å². The normalized spacial score (nSPS) is 14.2. The number of rotatable bonds is 4. The third kappa shape index (κ3) is 4.03. The minimum atomic E-state index is -4.80. The maximum atomic E-state index is 13.9. The van der Waals surface area contributed by atoms with Crippen molar-refractivity contribution >= 4 is 23.2 Å². The second kappa shape index (κ2) is 7.90. The quantitative estimate of drug-likeness (QED) is 0.662. The molecule has 0 aliphatic carbocycles. The summed E-state index contributed by atoms with van der Waals surface area (Å²) in [6.07, 6.45) is -2.69. The molecule has 2 aromatic carbocycles. The summed E-state index contributed by atoms with van der Waals surface area (Å²) in [5.41, 5.74) is -0.0241. The molecule has 3 aromatic rings. The van der Waals surface area contributed by atoms with E-state index in [4.69, 9.17) is 0 Å². The number of nitrogens with zero attached hydrogens (tertiary/aromatic N) is 3. The van der Waals surface area contributed by atoms with Crippen molar-refractivity contribution < 1.29 is 22.8 Å². The van der Waals surface area contributed by atoms with Gasteiger partial charge in [0, 0.05) is 24.3 Å². The Morgan fingerprint density at radius 1 is 1.13 bits per heavy atom. The van der Waals surface area contributed by atoms with E-state index in [0.717, 1.165) is 17.3 Å². The van der Waals surface area contributed by atoms with Crippen LogP contribution in [0.5, 0.6) is 0 Å². The summed E-state index contributed by atoms with van der Waals surface area (Å²) in [5, 5.41) is 6.35. The zero-order valence-corrected chi connectivity index (χ0v) is 16.6. The van der Waals surface area contributed by atoms with E-state index in [1.165, 1.54) is 6.07 Å². The van der Waals surface area contributed by atoms with E-state index >= 15 is 0 Å². The first-order chi connectivity index (χ1) is 14.8. The summed E-state index contributed by atoms with van der Waals surface area (Å²) in [6, 6.07) is 13.0. The standard InChI is InChI=1S/C22H19F3N4O2/c1-14-6-2-3-9-18(14)29-20(22(23,24)25)17(13-26-29)21(31)27-15-7-4-8-16(12-15)28-11-5-10-19(28)30/h2-4,6-9,12-13H,5,10-11H2,1H3,(H,27,31). The Kier molecular flexibility index (Phi) is 5.26. The van der Waals surface area contributed by atoms with Crippen molar-refractivity contribution in [3.63, 3.8) is 0 Å². The maximum Gasteiger partial charge on any atom is 0.434 e. The van der Waals surface area contributed by atoms with Crippen LogP contribution >= 0.6 is 0 Å². The van der Waals surface area contributed by atoms with Gasteiger partial charge >= 0.3 is 6.18 Å². The fraction of sp³-hybridized carbons (Fsp3) is 0.227. The molecule has 1 aliphatic rings. The number of benzene rings is 2. The van der Waals surface area contributed by atoms with E-state index < -0.39 is 23.3 Å². The average Bonchev–Trinajstić information content (AvgIpc) is 3.35. The molecular formula is C22H19F3N4O2. The van der Waals surface area contributed by atoms with Crippen molar-refractivity contribution in [1.82, 2.24) is 9.78 Å². The van der Waals surface area contributed by atoms with Gasteiger partial charge in [0.1, 0.15) is 0 Å². The summed E-state index contributed by atoms with van der Waals surface area (Å²) >= 11 is 0. The second-order valence-corrected chi connectivity index (χ2v) is 7.26. The Hall–Kier alpha value is -3.62. The predicted molar refractivity (Wildman–Crippen MR) is 109 cm³/mol. The number of anilines is 2. The van der Waals surface area contributed by atoms with Crippen molar-refractivity contribution in [3.05, 3.63) is 71.5 Å². The van der Waals surface area contributed by atoms with E-state index in [1.54, 1.807) is 54.3 Å². The second-order valence-electron chi connectivity index (χ2n) is 7.26. The minimum absolute atomic E-state index is 0.0256. The van der Waals surface area contributed by atoms with Gasteiger partial charge in [0.05, 0.1) is 17.4 Å². The molecule has 0 radical (unpaired) electrons. The number of carbonyl (C=O) groups excluding carboxylic acids is 2. The summed E-state index contributed by atoms with van der Waals surface area (Å²) in [7, 11) is 0. The van der Waals surface area contributed by atoms with Crippen molar-refractivity contribution in [3.8, 4) is 5.69 Å². The fourth-order valence-electron chi connectivity index (χ4n) is 3.64. The number of hydrogen-bond acceptors (Lipinski definition) is 3. The molecule has 1 fully saturated rings. The van der Waals surface area contributed by atoms with Crippen molar-refractivity contribution in [2.45, 2.75) is 25.9 Å². The largest absolute Gasteiger partial charge is 0.434 e. The fourth-order valence-corrected chi connectivity index (χ4v) is 3.64. The van der Waals surface area contributed by atoms with Gasteiger partial charge in [0.25, 0.3) is 5.91 Å². The van der Waals surface area contributed by atoms with Crippen molar-refractivity contribution in [2.24, 2.45) is 0 Å². The highest BCUT2D eigenvalue weighted by atomic mass is 19.4. The molecule has 1 N–H and O–H groups in total. The van der Waals surface area contributed by atoms with Crippen LogP contribution in [-0.4, -0.2) is 28.1 Å². The van der Waals surface area contributed by atoms with Crippen LogP contribution in [0.25, 0.3) is 5.69 Å². The third-order valence-corrected chi connectivity index (χ3v) is 5.12. The highest BCUT2D eigenvalue weighted by Gasteiger charge is 2.40. The molecule has 1 aromatic heterocycles. The van der Waals surface area contributed by atoms with Gasteiger partial charge < -0.3 is 10.2 Å². The SMILES string of the molecule is Cc1ccccc1-n1ncc(C(=O)Nc2cccc(N3CCCC3=O)c2)c1C(F)(F)F. The van der Waals surface area contributed by atoms with Crippen LogP contribution in [0, 0.1) is 6.92 Å². The molecule has 0 spiro atoms. The molecular weight excluding hydrogens is 409 g/mol. The summed E-state index contributed by atoms with van der Waals surface area (Å²) in [5.74, 6) is -0.959. The summed E-state index contributed by atoms with van der Waals surface area (Å²) in [4.78, 5) is 26.3. The Morgan fingerprint density at radius 3 is 2.58 bits per heavy atom. The number of amides is 2. The zero-order chi connectivity index (χ0) is 22.2. The molecule has 1 aliphatic heterocycles. The number of hydrogen-bond donors (Lipinski definition) is 1. The Labute approximate surface area is 176 Å². The first kappa shape index (κ1) is 20.6. The van der Waals surface area contributed by atoms with Gasteiger partial charge in [-0.05, 0) is 43.2 Å². The van der Waals surface area contributed by atoms with E-state index in [1.807, 2.05) is 0 Å². The Morgan fingerprint density at radius 2 is 1.90 bits per heavy atom. The molecule has 0 unspecified atom stereocenters. The van der Waals surface area contributed by atoms with E-state index in [2.05, 4.69) is 10.4 Å². The molecule has 0 saturated carbocycles. The van der Waals surface area contributed by atoms with E-state index in [0.29, 0.717) is 29.9 Å². The monoisotopic (exact) mass is 428 g/mol. The highest BCUT2D eigenvalue weighted by molar-refractivity contribution is 6.05. The van der Waals surface area contributed by atoms with Gasteiger partial charge in [0.2, 0.25) is 5.91 Å². The smallest absolute Gasteiger partial charge is 0.322 e. The van der Waals surface area contributed by atoms with Gasteiger partial charge in [-0.1, -0.05) is 24.3 Å². The highest BCUT2D eigenvalue weighted by Crippen LogP contribution is 2.35. The zero-order valence-electron chi connectivity index (χ0n) is 16.6. The first-order valence-electron chi connectivity index (χ1n) is 9.68. The molecule has 2 amide bonds. The molecule has 6 nitrogen and oxygen atoms in total. The predicted octanol–water partition coefficient (Wildman–Crippen LogP) is 4.58. The minimum Gasteiger partial charge on any atom is -0.322 e. The van der Waals surface area contributed by atoms with Crippen LogP contribution in [0.15, 0.2) is 54.7 Å². The maximum absolute atomic E-state index is 13.9. The number of para-hydroxylation sites is 1. The lowest BCUT2D eigenvalue weighted by Gasteiger charge is -2.17. The summed E-state index contributed by atoms with van der Waals surface area (Å²) in [6.45, 7) is 2.24. The molecule has 160 valence electrons. The third-order valence-electron chi connectivity index (χ3n) is 5.12. The number of halogens is 3. The van der Waals surface area contributed by atoms with Gasteiger partial charge in [0.15, 0.2) is 5.69 Å². The molecule has 2 heterocycles. The number of alkyl halides is 3. The molecule has 4 rings (SSSR count). The Balaban J connectivity index is 1.67. The van der Waals surface area contributed by atoms with Crippen molar-refractivity contribution in [2.75, 3.05) is 16.8 Å². The average molecular weight is 428 g/mol. The van der Waals surface area contributed by atoms with Crippen LogP contribution in [0.1, 0.15) is 34.5 Å². The number of carbonyl (C=O) groups is 2. The van der Waals surface area contributed by atoms with Crippen molar-refractivity contribution in [1.29, 1.82) is 0 Å². The molecule has 0 atom stereocenters. The lowest BCUT2D eigenvalue weighted by Crippen LogP contribution is -2.24. The number of aryl methyl sites for hydroxylation is 1. The van der Waals surface area contributed by atoms with Crippen LogP contribution in [0.2, 0.25) is 0 Å². The van der Waals surface area contributed by atoms with E-state index in [9.17, 15) is 22.8 Å². The van der Waals surface area contributed by atoms with Crippen LogP contribution in [0.4, 0.5) is 24.5 Å². The van der Waals surface area contributed by atoms with Gasteiger partial charge in [-0.3, -0.25) is 9.59 Å². The van der Waals surface area contributed by atoms with Crippen LogP contribution in [0.3, 0.4) is 0 Å². The van der Waals surface area contributed by atoms with Gasteiger partial charge in [-0.25, -0.2) is 4.68 Å². The molecule has 31 heavy (non-hydrogen) atoms. The number of aromatic nitrogens is 2.